The zero-order valence-electron chi connectivity index (χ0n) is 10.1. The van der Waals surface area contributed by atoms with Crippen LogP contribution in [0, 0.1) is 5.92 Å². The van der Waals surface area contributed by atoms with Crippen molar-refractivity contribution in [2.75, 3.05) is 16.3 Å². The molecule has 0 saturated heterocycles. The first kappa shape index (κ1) is 12.2. The zero-order valence-corrected chi connectivity index (χ0v) is 10.9. The molecule has 94 valence electrons. The first-order valence-electron chi connectivity index (χ1n) is 5.79. The van der Waals surface area contributed by atoms with Gasteiger partial charge in [0.2, 0.25) is 10.0 Å². The van der Waals surface area contributed by atoms with Crippen LogP contribution < -0.4 is 10.0 Å². The van der Waals surface area contributed by atoms with Crippen molar-refractivity contribution in [2.24, 2.45) is 5.92 Å². The van der Waals surface area contributed by atoms with Gasteiger partial charge in [0, 0.05) is 6.04 Å². The molecule has 1 aliphatic carbocycles. The molecule has 0 heterocycles. The molecule has 4 nitrogen and oxygen atoms in total. The summed E-state index contributed by atoms with van der Waals surface area (Å²) in [6, 6.07) is 7.77. The topological polar surface area (TPSA) is 58.2 Å². The Hall–Kier alpha value is -1.23. The Bertz CT molecular complexity index is 495. The number of para-hydroxylation sites is 2. The number of benzene rings is 1. The van der Waals surface area contributed by atoms with E-state index < -0.39 is 10.0 Å². The van der Waals surface area contributed by atoms with Crippen LogP contribution in [-0.4, -0.2) is 20.7 Å². The van der Waals surface area contributed by atoms with Gasteiger partial charge in [-0.2, -0.15) is 0 Å². The summed E-state index contributed by atoms with van der Waals surface area (Å²) in [6.45, 7) is 2.13. The van der Waals surface area contributed by atoms with Gasteiger partial charge in [0.15, 0.2) is 0 Å². The van der Waals surface area contributed by atoms with Gasteiger partial charge in [-0.25, -0.2) is 8.42 Å². The van der Waals surface area contributed by atoms with Crippen molar-refractivity contribution in [3.8, 4) is 0 Å². The first-order valence-corrected chi connectivity index (χ1v) is 7.68. The second kappa shape index (κ2) is 4.56. The van der Waals surface area contributed by atoms with E-state index in [0.29, 0.717) is 11.7 Å². The standard InChI is InChI=1S/C12H18N2O2S/c1-9(10-7-8-10)13-11-5-3-4-6-12(11)14-17(2,15)16/h3-6,9-10,13-14H,7-8H2,1-2H3. The Labute approximate surface area is 102 Å². The van der Waals surface area contributed by atoms with Crippen molar-refractivity contribution in [3.05, 3.63) is 24.3 Å². The van der Waals surface area contributed by atoms with E-state index >= 15 is 0 Å². The molecule has 1 aromatic rings. The lowest BCUT2D eigenvalue weighted by Gasteiger charge is -2.17. The molecule has 1 atom stereocenters. The molecule has 0 bridgehead atoms. The highest BCUT2D eigenvalue weighted by Crippen LogP contribution is 2.35. The molecule has 0 amide bonds. The summed E-state index contributed by atoms with van der Waals surface area (Å²) in [7, 11) is -3.23. The molecule has 17 heavy (non-hydrogen) atoms. The Morgan fingerprint density at radius 2 is 1.82 bits per heavy atom. The van der Waals surface area contributed by atoms with Crippen molar-refractivity contribution in [1.82, 2.24) is 0 Å². The van der Waals surface area contributed by atoms with Crippen LogP contribution in [0.2, 0.25) is 0 Å². The maximum atomic E-state index is 11.2. The third kappa shape index (κ3) is 3.63. The molecule has 1 aromatic carbocycles. The van der Waals surface area contributed by atoms with Crippen LogP contribution in [0.1, 0.15) is 19.8 Å². The van der Waals surface area contributed by atoms with Gasteiger partial charge in [-0.1, -0.05) is 12.1 Å². The molecule has 0 aliphatic heterocycles. The summed E-state index contributed by atoms with van der Waals surface area (Å²) in [5.74, 6) is 0.723. The quantitative estimate of drug-likeness (QED) is 0.847. The van der Waals surface area contributed by atoms with E-state index in [4.69, 9.17) is 0 Å². The van der Waals surface area contributed by atoms with Crippen LogP contribution >= 0.6 is 0 Å². The highest BCUT2D eigenvalue weighted by atomic mass is 32.2. The Balaban J connectivity index is 2.14. The van der Waals surface area contributed by atoms with Crippen molar-refractivity contribution < 1.29 is 8.42 Å². The van der Waals surface area contributed by atoms with E-state index in [9.17, 15) is 8.42 Å². The molecule has 2 N–H and O–H groups in total. The number of anilines is 2. The van der Waals surface area contributed by atoms with Crippen LogP contribution in [0.3, 0.4) is 0 Å². The zero-order chi connectivity index (χ0) is 12.5. The molecule has 5 heteroatoms. The van der Waals surface area contributed by atoms with Gasteiger partial charge in [0.25, 0.3) is 0 Å². The predicted octanol–water partition coefficient (Wildman–Crippen LogP) is 2.27. The Kier molecular flexibility index (Phi) is 3.28. The first-order chi connectivity index (χ1) is 7.96. The smallest absolute Gasteiger partial charge is 0.229 e. The highest BCUT2D eigenvalue weighted by molar-refractivity contribution is 7.92. The molecule has 1 unspecified atom stereocenters. The van der Waals surface area contributed by atoms with Crippen LogP contribution in [0.15, 0.2) is 24.3 Å². The summed E-state index contributed by atoms with van der Waals surface area (Å²) in [4.78, 5) is 0. The van der Waals surface area contributed by atoms with Crippen LogP contribution in [0.5, 0.6) is 0 Å². The van der Waals surface area contributed by atoms with Crippen molar-refractivity contribution in [2.45, 2.75) is 25.8 Å². The average molecular weight is 254 g/mol. The fraction of sp³-hybridized carbons (Fsp3) is 0.500. The minimum atomic E-state index is -3.23. The molecule has 1 fully saturated rings. The lowest BCUT2D eigenvalue weighted by molar-refractivity contribution is 0.607. The second-order valence-electron chi connectivity index (χ2n) is 4.69. The summed E-state index contributed by atoms with van der Waals surface area (Å²) in [5, 5.41) is 3.37. The largest absolute Gasteiger partial charge is 0.381 e. The summed E-state index contributed by atoms with van der Waals surface area (Å²) in [6.07, 6.45) is 3.68. The highest BCUT2D eigenvalue weighted by Gasteiger charge is 2.28. The number of hydrogen-bond acceptors (Lipinski definition) is 3. The number of sulfonamides is 1. The van der Waals surface area contributed by atoms with Gasteiger partial charge in [-0.3, -0.25) is 4.72 Å². The van der Waals surface area contributed by atoms with Gasteiger partial charge >= 0.3 is 0 Å². The lowest BCUT2D eigenvalue weighted by Crippen LogP contribution is -2.19. The molecule has 1 aliphatic rings. The fourth-order valence-corrected chi connectivity index (χ4v) is 2.43. The van der Waals surface area contributed by atoms with Crippen LogP contribution in [-0.2, 0) is 10.0 Å². The Morgan fingerprint density at radius 3 is 2.35 bits per heavy atom. The molecule has 0 spiro atoms. The van der Waals surface area contributed by atoms with E-state index in [1.54, 1.807) is 6.07 Å². The number of nitrogens with one attached hydrogen (secondary N) is 2. The molecule has 2 rings (SSSR count). The third-order valence-corrected chi connectivity index (χ3v) is 3.53. The molecule has 0 radical (unpaired) electrons. The molecule has 0 aromatic heterocycles. The van der Waals surface area contributed by atoms with Gasteiger partial charge in [0.05, 0.1) is 17.6 Å². The number of hydrogen-bond donors (Lipinski definition) is 2. The maximum absolute atomic E-state index is 11.2. The minimum Gasteiger partial charge on any atom is -0.381 e. The minimum absolute atomic E-state index is 0.387. The van der Waals surface area contributed by atoms with Gasteiger partial charge in [-0.05, 0) is 37.8 Å². The third-order valence-electron chi connectivity index (χ3n) is 2.93. The predicted molar refractivity (Wildman–Crippen MR) is 70.7 cm³/mol. The number of rotatable bonds is 5. The lowest BCUT2D eigenvalue weighted by atomic mass is 10.2. The van der Waals surface area contributed by atoms with Gasteiger partial charge in [-0.15, -0.1) is 0 Å². The van der Waals surface area contributed by atoms with Gasteiger partial charge in [0.1, 0.15) is 0 Å². The van der Waals surface area contributed by atoms with E-state index in [2.05, 4.69) is 17.0 Å². The van der Waals surface area contributed by atoms with E-state index in [1.807, 2.05) is 18.2 Å². The SMILES string of the molecule is CC(Nc1ccccc1NS(C)(=O)=O)C1CC1. The van der Waals surface area contributed by atoms with Gasteiger partial charge < -0.3 is 5.32 Å². The van der Waals surface area contributed by atoms with E-state index in [0.717, 1.165) is 17.9 Å². The molecular formula is C12H18N2O2S. The summed E-state index contributed by atoms with van der Waals surface area (Å²) < 4.78 is 25.0. The second-order valence-corrected chi connectivity index (χ2v) is 6.44. The van der Waals surface area contributed by atoms with E-state index in [1.165, 1.54) is 12.8 Å². The Morgan fingerprint density at radius 1 is 1.24 bits per heavy atom. The summed E-state index contributed by atoms with van der Waals surface area (Å²) in [5.41, 5.74) is 1.46. The van der Waals surface area contributed by atoms with Crippen molar-refractivity contribution in [1.29, 1.82) is 0 Å². The van der Waals surface area contributed by atoms with E-state index in [-0.39, 0.29) is 0 Å². The summed E-state index contributed by atoms with van der Waals surface area (Å²) >= 11 is 0. The molecular weight excluding hydrogens is 236 g/mol. The normalized spacial score (nSPS) is 17.5. The van der Waals surface area contributed by atoms with Crippen molar-refractivity contribution in [3.63, 3.8) is 0 Å². The average Bonchev–Trinajstić information content (AvgIpc) is 3.02. The fourth-order valence-electron chi connectivity index (χ4n) is 1.86. The van der Waals surface area contributed by atoms with Crippen molar-refractivity contribution >= 4 is 21.4 Å². The monoisotopic (exact) mass is 254 g/mol. The van der Waals surface area contributed by atoms with Crippen LogP contribution in [0.25, 0.3) is 0 Å². The molecule has 1 saturated carbocycles. The van der Waals surface area contributed by atoms with Crippen LogP contribution in [0.4, 0.5) is 11.4 Å². The maximum Gasteiger partial charge on any atom is 0.229 e.